The van der Waals surface area contributed by atoms with Crippen molar-refractivity contribution >= 4 is 16.7 Å². The van der Waals surface area contributed by atoms with Gasteiger partial charge in [-0.3, -0.25) is 4.79 Å². The van der Waals surface area contributed by atoms with Crippen LogP contribution >= 0.6 is 0 Å². The molecule has 128 valence electrons. The SMILES string of the molecule is COc1cccc(C(=O)NC(C)c2ccc3ccccc3c2)c1OC. The van der Waals surface area contributed by atoms with Crippen LogP contribution in [-0.2, 0) is 0 Å². The third kappa shape index (κ3) is 3.43. The van der Waals surface area contributed by atoms with E-state index in [9.17, 15) is 4.79 Å². The lowest BCUT2D eigenvalue weighted by atomic mass is 10.0. The molecular weight excluding hydrogens is 314 g/mol. The summed E-state index contributed by atoms with van der Waals surface area (Å²) >= 11 is 0. The lowest BCUT2D eigenvalue weighted by Crippen LogP contribution is -2.27. The topological polar surface area (TPSA) is 47.6 Å². The average molecular weight is 335 g/mol. The van der Waals surface area contributed by atoms with E-state index in [0.29, 0.717) is 17.1 Å². The first-order valence-electron chi connectivity index (χ1n) is 8.14. The molecule has 0 aromatic heterocycles. The summed E-state index contributed by atoms with van der Waals surface area (Å²) in [5.41, 5.74) is 1.50. The van der Waals surface area contributed by atoms with Crippen molar-refractivity contribution in [3.63, 3.8) is 0 Å². The molecule has 0 aliphatic rings. The molecule has 25 heavy (non-hydrogen) atoms. The summed E-state index contributed by atoms with van der Waals surface area (Å²) in [6.07, 6.45) is 0. The highest BCUT2D eigenvalue weighted by atomic mass is 16.5. The molecule has 0 fully saturated rings. The summed E-state index contributed by atoms with van der Waals surface area (Å²) < 4.78 is 10.6. The van der Waals surface area contributed by atoms with Crippen LogP contribution < -0.4 is 14.8 Å². The summed E-state index contributed by atoms with van der Waals surface area (Å²) in [6.45, 7) is 1.97. The molecule has 1 unspecified atom stereocenters. The first-order valence-corrected chi connectivity index (χ1v) is 8.14. The van der Waals surface area contributed by atoms with Crippen molar-refractivity contribution in [3.8, 4) is 11.5 Å². The van der Waals surface area contributed by atoms with Crippen LogP contribution in [0.3, 0.4) is 0 Å². The second kappa shape index (κ2) is 7.26. The van der Waals surface area contributed by atoms with Gasteiger partial charge in [0, 0.05) is 0 Å². The maximum absolute atomic E-state index is 12.7. The number of para-hydroxylation sites is 1. The maximum Gasteiger partial charge on any atom is 0.255 e. The van der Waals surface area contributed by atoms with Crippen molar-refractivity contribution in [2.24, 2.45) is 0 Å². The number of hydrogen-bond donors (Lipinski definition) is 1. The van der Waals surface area contributed by atoms with E-state index >= 15 is 0 Å². The van der Waals surface area contributed by atoms with Gasteiger partial charge in [0.05, 0.1) is 25.8 Å². The molecule has 4 heteroatoms. The molecule has 1 amide bonds. The predicted octanol–water partition coefficient (Wildman–Crippen LogP) is 4.35. The molecule has 0 radical (unpaired) electrons. The van der Waals surface area contributed by atoms with E-state index in [4.69, 9.17) is 9.47 Å². The van der Waals surface area contributed by atoms with E-state index in [0.717, 1.165) is 10.9 Å². The minimum atomic E-state index is -0.198. The third-order valence-corrected chi connectivity index (χ3v) is 4.27. The Labute approximate surface area is 147 Å². The van der Waals surface area contributed by atoms with Crippen LogP contribution in [0, 0.1) is 0 Å². The zero-order valence-corrected chi connectivity index (χ0v) is 14.6. The number of ether oxygens (including phenoxy) is 2. The summed E-state index contributed by atoms with van der Waals surface area (Å²) in [7, 11) is 3.08. The standard InChI is InChI=1S/C21H21NO3/c1-14(16-12-11-15-7-4-5-8-17(15)13-16)22-21(23)18-9-6-10-19(24-2)20(18)25-3/h4-14H,1-3H3,(H,22,23). The Bertz CT molecular complexity index is 905. The van der Waals surface area contributed by atoms with Crippen molar-refractivity contribution in [3.05, 3.63) is 71.8 Å². The van der Waals surface area contributed by atoms with Crippen LogP contribution in [0.4, 0.5) is 0 Å². The van der Waals surface area contributed by atoms with E-state index < -0.39 is 0 Å². The molecule has 0 aliphatic carbocycles. The molecule has 0 aliphatic heterocycles. The highest BCUT2D eigenvalue weighted by molar-refractivity contribution is 5.98. The largest absolute Gasteiger partial charge is 0.493 e. The summed E-state index contributed by atoms with van der Waals surface area (Å²) in [4.78, 5) is 12.7. The van der Waals surface area contributed by atoms with Gasteiger partial charge in [0.1, 0.15) is 0 Å². The normalized spacial score (nSPS) is 11.8. The maximum atomic E-state index is 12.7. The fraction of sp³-hybridized carbons (Fsp3) is 0.190. The molecule has 0 saturated carbocycles. The van der Waals surface area contributed by atoms with Crippen LogP contribution in [0.15, 0.2) is 60.7 Å². The number of carbonyl (C=O) groups excluding carboxylic acids is 1. The molecule has 3 rings (SSSR count). The number of rotatable bonds is 5. The number of carbonyl (C=O) groups is 1. The first-order chi connectivity index (χ1) is 12.1. The third-order valence-electron chi connectivity index (χ3n) is 4.27. The highest BCUT2D eigenvalue weighted by Crippen LogP contribution is 2.31. The zero-order chi connectivity index (χ0) is 17.8. The summed E-state index contributed by atoms with van der Waals surface area (Å²) in [5, 5.41) is 5.36. The van der Waals surface area contributed by atoms with E-state index in [1.807, 2.05) is 25.1 Å². The number of amides is 1. The molecule has 0 heterocycles. The van der Waals surface area contributed by atoms with Crippen molar-refractivity contribution < 1.29 is 14.3 Å². The van der Waals surface area contributed by atoms with Gasteiger partial charge in [-0.25, -0.2) is 0 Å². The molecule has 3 aromatic rings. The van der Waals surface area contributed by atoms with Gasteiger partial charge in [-0.2, -0.15) is 0 Å². The number of benzene rings is 3. The zero-order valence-electron chi connectivity index (χ0n) is 14.6. The van der Waals surface area contributed by atoms with E-state index in [-0.39, 0.29) is 11.9 Å². The second-order valence-corrected chi connectivity index (χ2v) is 5.84. The van der Waals surface area contributed by atoms with Gasteiger partial charge >= 0.3 is 0 Å². The fourth-order valence-electron chi connectivity index (χ4n) is 2.90. The fourth-order valence-corrected chi connectivity index (χ4v) is 2.90. The number of nitrogens with one attached hydrogen (secondary N) is 1. The van der Waals surface area contributed by atoms with Gasteiger partial charge in [-0.05, 0) is 41.5 Å². The number of methoxy groups -OCH3 is 2. The van der Waals surface area contributed by atoms with E-state index in [1.54, 1.807) is 25.3 Å². The highest BCUT2D eigenvalue weighted by Gasteiger charge is 2.18. The quantitative estimate of drug-likeness (QED) is 0.754. The molecule has 1 N–H and O–H groups in total. The van der Waals surface area contributed by atoms with Gasteiger partial charge in [0.25, 0.3) is 5.91 Å². The van der Waals surface area contributed by atoms with Crippen LogP contribution in [0.2, 0.25) is 0 Å². The smallest absolute Gasteiger partial charge is 0.255 e. The molecule has 0 saturated heterocycles. The average Bonchev–Trinajstić information content (AvgIpc) is 2.66. The Kier molecular flexibility index (Phi) is 4.89. The lowest BCUT2D eigenvalue weighted by Gasteiger charge is -2.17. The molecule has 0 spiro atoms. The Morgan fingerprint density at radius 3 is 2.40 bits per heavy atom. The molecule has 1 atom stereocenters. The van der Waals surface area contributed by atoms with Gasteiger partial charge in [0.2, 0.25) is 0 Å². The Balaban J connectivity index is 1.84. The van der Waals surface area contributed by atoms with Crippen molar-refractivity contribution in [1.29, 1.82) is 0 Å². The van der Waals surface area contributed by atoms with E-state index in [1.165, 1.54) is 12.5 Å². The lowest BCUT2D eigenvalue weighted by molar-refractivity contribution is 0.0936. The Morgan fingerprint density at radius 1 is 0.920 bits per heavy atom. The summed E-state index contributed by atoms with van der Waals surface area (Å²) in [5.74, 6) is 0.776. The Hall–Kier alpha value is -3.01. The van der Waals surface area contributed by atoms with Gasteiger partial charge in [0.15, 0.2) is 11.5 Å². The number of hydrogen-bond acceptors (Lipinski definition) is 3. The van der Waals surface area contributed by atoms with Crippen LogP contribution in [0.1, 0.15) is 28.9 Å². The van der Waals surface area contributed by atoms with Crippen molar-refractivity contribution in [2.75, 3.05) is 14.2 Å². The predicted molar refractivity (Wildman–Crippen MR) is 99.4 cm³/mol. The summed E-state index contributed by atoms with van der Waals surface area (Å²) in [6, 6.07) is 19.5. The van der Waals surface area contributed by atoms with Gasteiger partial charge in [-0.15, -0.1) is 0 Å². The molecule has 3 aromatic carbocycles. The second-order valence-electron chi connectivity index (χ2n) is 5.84. The molecular formula is C21H21NO3. The monoisotopic (exact) mass is 335 g/mol. The minimum Gasteiger partial charge on any atom is -0.493 e. The minimum absolute atomic E-state index is 0.131. The van der Waals surface area contributed by atoms with Crippen LogP contribution in [0.25, 0.3) is 10.8 Å². The van der Waals surface area contributed by atoms with Gasteiger partial charge in [-0.1, -0.05) is 42.5 Å². The molecule has 4 nitrogen and oxygen atoms in total. The molecule has 0 bridgehead atoms. The Morgan fingerprint density at radius 2 is 1.68 bits per heavy atom. The van der Waals surface area contributed by atoms with Crippen molar-refractivity contribution in [1.82, 2.24) is 5.32 Å². The van der Waals surface area contributed by atoms with Gasteiger partial charge < -0.3 is 14.8 Å². The van der Waals surface area contributed by atoms with Crippen LogP contribution in [-0.4, -0.2) is 20.1 Å². The number of fused-ring (bicyclic) bond motifs is 1. The van der Waals surface area contributed by atoms with Crippen LogP contribution in [0.5, 0.6) is 11.5 Å². The first kappa shape index (κ1) is 16.8. The van der Waals surface area contributed by atoms with Crippen molar-refractivity contribution in [2.45, 2.75) is 13.0 Å². The van der Waals surface area contributed by atoms with E-state index in [2.05, 4.69) is 29.6 Å².